The van der Waals surface area contributed by atoms with E-state index in [0.29, 0.717) is 19.3 Å². The summed E-state index contributed by atoms with van der Waals surface area (Å²) in [7, 11) is 0. The quantitative estimate of drug-likeness (QED) is 0.810. The number of hydrogen-bond acceptors (Lipinski definition) is 4. The van der Waals surface area contributed by atoms with Crippen molar-refractivity contribution in [2.45, 2.75) is 57.9 Å². The van der Waals surface area contributed by atoms with Crippen molar-refractivity contribution in [2.24, 2.45) is 0 Å². The first-order chi connectivity index (χ1) is 12.2. The van der Waals surface area contributed by atoms with Gasteiger partial charge in [0.05, 0.1) is 19.3 Å². The van der Waals surface area contributed by atoms with Crippen LogP contribution in [-0.4, -0.2) is 32.9 Å². The fourth-order valence-electron chi connectivity index (χ4n) is 3.00. The molecule has 1 fully saturated rings. The molecule has 0 radical (unpaired) electrons. The third-order valence-electron chi connectivity index (χ3n) is 4.30. The molecule has 0 spiro atoms. The van der Waals surface area contributed by atoms with Crippen molar-refractivity contribution in [3.63, 3.8) is 0 Å². The fraction of sp³-hybridized carbons (Fsp3) is 0.500. The Morgan fingerprint density at radius 1 is 1.32 bits per heavy atom. The summed E-state index contributed by atoms with van der Waals surface area (Å²) in [6.07, 6.45) is 8.41. The Hall–Kier alpha value is -2.41. The molecular formula is C18H25N5O2. The molecule has 3 rings (SSSR count). The van der Waals surface area contributed by atoms with Gasteiger partial charge in [-0.2, -0.15) is 5.10 Å². The van der Waals surface area contributed by atoms with Gasteiger partial charge in [0.25, 0.3) is 0 Å². The van der Waals surface area contributed by atoms with Crippen LogP contribution in [0, 0.1) is 0 Å². The maximum atomic E-state index is 12.0. The molecule has 25 heavy (non-hydrogen) atoms. The molecule has 1 aliphatic rings. The van der Waals surface area contributed by atoms with Crippen molar-refractivity contribution in [3.05, 3.63) is 42.5 Å². The molecule has 1 atom stereocenters. The number of anilines is 1. The third kappa shape index (κ3) is 5.56. The van der Waals surface area contributed by atoms with Crippen LogP contribution in [-0.2, 0) is 17.9 Å². The van der Waals surface area contributed by atoms with E-state index in [4.69, 9.17) is 4.74 Å². The molecule has 0 aliphatic heterocycles. The molecule has 2 N–H and O–H groups in total. The standard InChI is InChI=1S/C18H25N5O2/c1-14(10-23-13-19-12-20-23)21-18(24)22-16-8-6-15(7-9-16)11-25-17-4-2-3-5-17/h6-9,12-14,17H,2-5,10-11H2,1H3,(H2,21,22,24). The summed E-state index contributed by atoms with van der Waals surface area (Å²) in [4.78, 5) is 15.9. The highest BCUT2D eigenvalue weighted by atomic mass is 16.5. The summed E-state index contributed by atoms with van der Waals surface area (Å²) < 4.78 is 7.58. The number of rotatable bonds is 7. The number of ether oxygens (including phenoxy) is 1. The van der Waals surface area contributed by atoms with Crippen molar-refractivity contribution >= 4 is 11.7 Å². The van der Waals surface area contributed by atoms with E-state index in [1.807, 2.05) is 31.2 Å². The number of urea groups is 1. The second-order valence-corrected chi connectivity index (χ2v) is 6.53. The zero-order chi connectivity index (χ0) is 17.5. The number of amides is 2. The minimum absolute atomic E-state index is 0.0548. The molecule has 134 valence electrons. The van der Waals surface area contributed by atoms with Gasteiger partial charge in [0.1, 0.15) is 12.7 Å². The number of hydrogen-bond donors (Lipinski definition) is 2. The Morgan fingerprint density at radius 2 is 2.08 bits per heavy atom. The lowest BCUT2D eigenvalue weighted by Crippen LogP contribution is -2.38. The molecule has 1 unspecified atom stereocenters. The number of carbonyl (C=O) groups is 1. The summed E-state index contributed by atoms with van der Waals surface area (Å²) in [5.74, 6) is 0. The molecular weight excluding hydrogens is 318 g/mol. The maximum Gasteiger partial charge on any atom is 0.319 e. The first-order valence-corrected chi connectivity index (χ1v) is 8.79. The average Bonchev–Trinajstić information content (AvgIpc) is 3.27. The Kier molecular flexibility index (Phi) is 6.00. The molecule has 7 nitrogen and oxygen atoms in total. The monoisotopic (exact) mass is 343 g/mol. The third-order valence-corrected chi connectivity index (χ3v) is 4.30. The first kappa shape index (κ1) is 17.4. The van der Waals surface area contributed by atoms with E-state index in [2.05, 4.69) is 20.7 Å². The van der Waals surface area contributed by atoms with E-state index in [9.17, 15) is 4.79 Å². The Labute approximate surface area is 147 Å². The summed E-state index contributed by atoms with van der Waals surface area (Å²) in [5, 5.41) is 9.75. The fourth-order valence-corrected chi connectivity index (χ4v) is 3.00. The number of aromatic nitrogens is 3. The van der Waals surface area contributed by atoms with Crippen LogP contribution in [0.4, 0.5) is 10.5 Å². The SMILES string of the molecule is CC(Cn1cncn1)NC(=O)Nc1ccc(COC2CCCC2)cc1. The minimum atomic E-state index is -0.234. The summed E-state index contributed by atoms with van der Waals surface area (Å²) in [5.41, 5.74) is 1.88. The van der Waals surface area contributed by atoms with Crippen LogP contribution in [0.15, 0.2) is 36.9 Å². The van der Waals surface area contributed by atoms with E-state index in [-0.39, 0.29) is 12.1 Å². The predicted octanol–water partition coefficient (Wildman–Crippen LogP) is 2.95. The van der Waals surface area contributed by atoms with Gasteiger partial charge in [0.2, 0.25) is 0 Å². The summed E-state index contributed by atoms with van der Waals surface area (Å²) in [6.45, 7) is 3.13. The van der Waals surface area contributed by atoms with Crippen LogP contribution >= 0.6 is 0 Å². The maximum absolute atomic E-state index is 12.0. The highest BCUT2D eigenvalue weighted by Gasteiger charge is 2.15. The van der Waals surface area contributed by atoms with Crippen molar-refractivity contribution in [2.75, 3.05) is 5.32 Å². The van der Waals surface area contributed by atoms with Crippen molar-refractivity contribution < 1.29 is 9.53 Å². The zero-order valence-corrected chi connectivity index (χ0v) is 14.5. The van der Waals surface area contributed by atoms with Gasteiger partial charge in [0, 0.05) is 11.7 Å². The average molecular weight is 343 g/mol. The lowest BCUT2D eigenvalue weighted by atomic mass is 10.2. The van der Waals surface area contributed by atoms with E-state index < -0.39 is 0 Å². The highest BCUT2D eigenvalue weighted by molar-refractivity contribution is 5.89. The smallest absolute Gasteiger partial charge is 0.319 e. The Bertz CT molecular complexity index is 651. The highest BCUT2D eigenvalue weighted by Crippen LogP contribution is 2.22. The molecule has 7 heteroatoms. The largest absolute Gasteiger partial charge is 0.374 e. The van der Waals surface area contributed by atoms with Gasteiger partial charge in [-0.1, -0.05) is 25.0 Å². The molecule has 2 aromatic rings. The Balaban J connectivity index is 1.41. The lowest BCUT2D eigenvalue weighted by Gasteiger charge is -2.15. The van der Waals surface area contributed by atoms with Crippen LogP contribution in [0.1, 0.15) is 38.2 Å². The molecule has 0 bridgehead atoms. The van der Waals surface area contributed by atoms with E-state index in [1.54, 1.807) is 11.0 Å². The number of nitrogens with one attached hydrogen (secondary N) is 2. The van der Waals surface area contributed by atoms with Crippen LogP contribution in [0.2, 0.25) is 0 Å². The second kappa shape index (κ2) is 8.62. The first-order valence-electron chi connectivity index (χ1n) is 8.79. The Morgan fingerprint density at radius 3 is 2.76 bits per heavy atom. The van der Waals surface area contributed by atoms with Crippen LogP contribution in [0.5, 0.6) is 0 Å². The van der Waals surface area contributed by atoms with E-state index >= 15 is 0 Å². The lowest BCUT2D eigenvalue weighted by molar-refractivity contribution is 0.0457. The summed E-state index contributed by atoms with van der Waals surface area (Å²) >= 11 is 0. The molecule has 1 aromatic heterocycles. The van der Waals surface area contributed by atoms with Gasteiger partial charge in [-0.3, -0.25) is 4.68 Å². The van der Waals surface area contributed by atoms with Gasteiger partial charge < -0.3 is 15.4 Å². The topological polar surface area (TPSA) is 81.1 Å². The van der Waals surface area contributed by atoms with Crippen molar-refractivity contribution in [3.8, 4) is 0 Å². The molecule has 1 aromatic carbocycles. The van der Waals surface area contributed by atoms with Gasteiger partial charge in [-0.25, -0.2) is 9.78 Å². The van der Waals surface area contributed by atoms with E-state index in [0.717, 1.165) is 11.3 Å². The van der Waals surface area contributed by atoms with E-state index in [1.165, 1.54) is 32.0 Å². The van der Waals surface area contributed by atoms with Crippen LogP contribution in [0.25, 0.3) is 0 Å². The zero-order valence-electron chi connectivity index (χ0n) is 14.5. The molecule has 1 saturated carbocycles. The van der Waals surface area contributed by atoms with Crippen LogP contribution < -0.4 is 10.6 Å². The predicted molar refractivity (Wildman–Crippen MR) is 95.1 cm³/mol. The molecule has 0 saturated heterocycles. The number of benzene rings is 1. The summed E-state index contributed by atoms with van der Waals surface area (Å²) in [6, 6.07) is 7.49. The number of carbonyl (C=O) groups excluding carboxylic acids is 1. The second-order valence-electron chi connectivity index (χ2n) is 6.53. The molecule has 1 heterocycles. The van der Waals surface area contributed by atoms with Gasteiger partial charge in [0.15, 0.2) is 0 Å². The van der Waals surface area contributed by atoms with Crippen molar-refractivity contribution in [1.29, 1.82) is 0 Å². The van der Waals surface area contributed by atoms with Gasteiger partial charge in [-0.05, 0) is 37.5 Å². The normalized spacial score (nSPS) is 15.9. The molecule has 2 amide bonds. The molecule has 1 aliphatic carbocycles. The van der Waals surface area contributed by atoms with Crippen molar-refractivity contribution in [1.82, 2.24) is 20.1 Å². The number of nitrogens with zero attached hydrogens (tertiary/aromatic N) is 3. The van der Waals surface area contributed by atoms with Gasteiger partial charge in [-0.15, -0.1) is 0 Å². The van der Waals surface area contributed by atoms with Crippen LogP contribution in [0.3, 0.4) is 0 Å². The van der Waals surface area contributed by atoms with Gasteiger partial charge >= 0.3 is 6.03 Å². The minimum Gasteiger partial charge on any atom is -0.374 e.